The van der Waals surface area contributed by atoms with E-state index in [1.807, 2.05) is 0 Å². The van der Waals surface area contributed by atoms with Crippen LogP contribution in [0, 0.1) is 15.9 Å². The van der Waals surface area contributed by atoms with Crippen LogP contribution in [0.25, 0.3) is 17.3 Å². The first-order valence-corrected chi connectivity index (χ1v) is 9.35. The third-order valence-corrected chi connectivity index (χ3v) is 4.85. The molecule has 0 spiro atoms. The molecule has 148 valence electrons. The van der Waals surface area contributed by atoms with Gasteiger partial charge in [-0.05, 0) is 35.9 Å². The number of methoxy groups -OCH3 is 1. The fourth-order valence-electron chi connectivity index (χ4n) is 2.38. The van der Waals surface area contributed by atoms with Gasteiger partial charge in [0, 0.05) is 23.1 Å². The summed E-state index contributed by atoms with van der Waals surface area (Å²) in [6.45, 7) is 0. The van der Waals surface area contributed by atoms with Crippen molar-refractivity contribution < 1.29 is 18.8 Å². The first-order valence-electron chi connectivity index (χ1n) is 8.10. The van der Waals surface area contributed by atoms with Crippen LogP contribution in [0.5, 0.6) is 5.75 Å². The second-order valence-corrected chi connectivity index (χ2v) is 6.94. The molecule has 0 aliphatic heterocycles. The van der Waals surface area contributed by atoms with Gasteiger partial charge in [0.2, 0.25) is 5.91 Å². The molecule has 29 heavy (non-hydrogen) atoms. The number of nitro groups is 1. The molecule has 0 radical (unpaired) electrons. The fourth-order valence-corrected chi connectivity index (χ4v) is 3.29. The molecule has 0 atom stereocenters. The first kappa shape index (κ1) is 20.4. The predicted octanol–water partition coefficient (Wildman–Crippen LogP) is 5.17. The number of amides is 1. The lowest BCUT2D eigenvalue weighted by atomic mass is 10.1. The Hall–Kier alpha value is -3.30. The van der Waals surface area contributed by atoms with Crippen LogP contribution in [-0.2, 0) is 4.79 Å². The number of nitrogens with one attached hydrogen (secondary N) is 1. The lowest BCUT2D eigenvalue weighted by molar-refractivity contribution is -0.384. The molecule has 1 heterocycles. The number of rotatable bonds is 6. The monoisotopic (exact) mass is 433 g/mol. The van der Waals surface area contributed by atoms with E-state index in [0.29, 0.717) is 22.0 Å². The SMILES string of the molecule is COc1ccc(-c2csc(NC(=O)/C=C/c3ccc(Cl)c([N+](=O)[O-])c3)n2)cc1F. The van der Waals surface area contributed by atoms with Crippen molar-refractivity contribution in [3.8, 4) is 17.0 Å². The van der Waals surface area contributed by atoms with E-state index in [2.05, 4.69) is 10.3 Å². The molecule has 2 aromatic carbocycles. The zero-order chi connectivity index (χ0) is 21.0. The summed E-state index contributed by atoms with van der Waals surface area (Å²) in [6, 6.07) is 8.67. The normalized spacial score (nSPS) is 10.9. The molecular weight excluding hydrogens is 421 g/mol. The van der Waals surface area contributed by atoms with Gasteiger partial charge < -0.3 is 4.74 Å². The Labute approximate surface area is 173 Å². The van der Waals surface area contributed by atoms with Crippen LogP contribution in [-0.4, -0.2) is 22.9 Å². The lowest BCUT2D eigenvalue weighted by Gasteiger charge is -2.03. The summed E-state index contributed by atoms with van der Waals surface area (Å²) >= 11 is 6.94. The van der Waals surface area contributed by atoms with Crippen LogP contribution >= 0.6 is 22.9 Å². The Balaban J connectivity index is 1.69. The maximum atomic E-state index is 13.8. The van der Waals surface area contributed by atoms with Crippen molar-refractivity contribution >= 4 is 45.7 Å². The average Bonchev–Trinajstić information content (AvgIpc) is 3.15. The Morgan fingerprint density at radius 3 is 2.83 bits per heavy atom. The fraction of sp³-hybridized carbons (Fsp3) is 0.0526. The Morgan fingerprint density at radius 1 is 1.34 bits per heavy atom. The Morgan fingerprint density at radius 2 is 2.14 bits per heavy atom. The summed E-state index contributed by atoms with van der Waals surface area (Å²) in [6.07, 6.45) is 2.65. The van der Waals surface area contributed by atoms with Crippen LogP contribution in [0.15, 0.2) is 47.9 Å². The van der Waals surface area contributed by atoms with Crippen molar-refractivity contribution in [3.05, 3.63) is 74.4 Å². The zero-order valence-electron chi connectivity index (χ0n) is 14.9. The summed E-state index contributed by atoms with van der Waals surface area (Å²) in [4.78, 5) is 26.7. The van der Waals surface area contributed by atoms with Gasteiger partial charge in [-0.2, -0.15) is 0 Å². The third-order valence-electron chi connectivity index (χ3n) is 3.78. The second kappa shape index (κ2) is 8.80. The molecule has 3 rings (SSSR count). The molecule has 0 saturated carbocycles. The lowest BCUT2D eigenvalue weighted by Crippen LogP contribution is -2.07. The summed E-state index contributed by atoms with van der Waals surface area (Å²) in [7, 11) is 1.38. The number of ether oxygens (including phenoxy) is 1. The minimum absolute atomic E-state index is 0.0156. The van der Waals surface area contributed by atoms with Gasteiger partial charge in [-0.3, -0.25) is 20.2 Å². The largest absolute Gasteiger partial charge is 0.494 e. The van der Waals surface area contributed by atoms with Crippen molar-refractivity contribution in [3.63, 3.8) is 0 Å². The number of anilines is 1. The molecule has 0 aliphatic carbocycles. The Bertz CT molecular complexity index is 1120. The van der Waals surface area contributed by atoms with E-state index in [0.717, 1.165) is 0 Å². The smallest absolute Gasteiger partial charge is 0.288 e. The van der Waals surface area contributed by atoms with Crippen molar-refractivity contribution in [1.82, 2.24) is 4.98 Å². The number of hydrogen-bond donors (Lipinski definition) is 1. The molecule has 0 bridgehead atoms. The van der Waals surface area contributed by atoms with Crippen LogP contribution in [0.2, 0.25) is 5.02 Å². The highest BCUT2D eigenvalue weighted by Crippen LogP contribution is 2.29. The van der Waals surface area contributed by atoms with E-state index in [-0.39, 0.29) is 16.5 Å². The molecule has 3 aromatic rings. The van der Waals surface area contributed by atoms with Gasteiger partial charge in [0.15, 0.2) is 16.7 Å². The van der Waals surface area contributed by atoms with Gasteiger partial charge in [-0.15, -0.1) is 11.3 Å². The van der Waals surface area contributed by atoms with Gasteiger partial charge >= 0.3 is 0 Å². The molecule has 1 N–H and O–H groups in total. The minimum atomic E-state index is -0.598. The number of carbonyl (C=O) groups excluding carboxylic acids is 1. The number of nitrogens with zero attached hydrogens (tertiary/aromatic N) is 2. The molecule has 1 amide bonds. The molecule has 0 unspecified atom stereocenters. The summed E-state index contributed by atoms with van der Waals surface area (Å²) in [5, 5.41) is 15.5. The Kier molecular flexibility index (Phi) is 6.20. The van der Waals surface area contributed by atoms with E-state index >= 15 is 0 Å². The van der Waals surface area contributed by atoms with E-state index in [9.17, 15) is 19.3 Å². The number of carbonyl (C=O) groups is 1. The number of thiazole rings is 1. The van der Waals surface area contributed by atoms with Crippen molar-refractivity contribution in [2.45, 2.75) is 0 Å². The number of halogens is 2. The summed E-state index contributed by atoms with van der Waals surface area (Å²) < 4.78 is 18.7. The molecule has 7 nitrogen and oxygen atoms in total. The highest BCUT2D eigenvalue weighted by atomic mass is 35.5. The van der Waals surface area contributed by atoms with Gasteiger partial charge in [0.25, 0.3) is 5.69 Å². The van der Waals surface area contributed by atoms with Crippen LogP contribution in [0.4, 0.5) is 15.2 Å². The highest BCUT2D eigenvalue weighted by Gasteiger charge is 2.12. The van der Waals surface area contributed by atoms with Crippen molar-refractivity contribution in [2.75, 3.05) is 12.4 Å². The second-order valence-electron chi connectivity index (χ2n) is 5.68. The topological polar surface area (TPSA) is 94.4 Å². The maximum absolute atomic E-state index is 13.8. The number of benzene rings is 2. The van der Waals surface area contributed by atoms with Crippen molar-refractivity contribution in [1.29, 1.82) is 0 Å². The quantitative estimate of drug-likeness (QED) is 0.328. The van der Waals surface area contributed by atoms with Gasteiger partial charge in [-0.25, -0.2) is 9.37 Å². The third kappa shape index (κ3) is 4.95. The van der Waals surface area contributed by atoms with Gasteiger partial charge in [0.1, 0.15) is 5.02 Å². The average molecular weight is 434 g/mol. The number of nitro benzene ring substituents is 1. The van der Waals surface area contributed by atoms with Crippen molar-refractivity contribution in [2.24, 2.45) is 0 Å². The first-order chi connectivity index (χ1) is 13.9. The minimum Gasteiger partial charge on any atom is -0.494 e. The van der Waals surface area contributed by atoms with Gasteiger partial charge in [0.05, 0.1) is 17.7 Å². The number of hydrogen-bond acceptors (Lipinski definition) is 6. The van der Waals surface area contributed by atoms with E-state index in [1.54, 1.807) is 17.5 Å². The zero-order valence-corrected chi connectivity index (χ0v) is 16.5. The molecule has 0 saturated heterocycles. The van der Waals surface area contributed by atoms with Crippen LogP contribution in [0.1, 0.15) is 5.56 Å². The predicted molar refractivity (Wildman–Crippen MR) is 110 cm³/mol. The van der Waals surface area contributed by atoms with E-state index in [1.165, 1.54) is 54.9 Å². The van der Waals surface area contributed by atoms with Crippen LogP contribution < -0.4 is 10.1 Å². The van der Waals surface area contributed by atoms with Gasteiger partial charge in [-0.1, -0.05) is 17.7 Å². The maximum Gasteiger partial charge on any atom is 0.288 e. The molecular formula is C19H13ClFN3O4S. The molecule has 10 heteroatoms. The molecule has 1 aromatic heterocycles. The van der Waals surface area contributed by atoms with E-state index in [4.69, 9.17) is 16.3 Å². The molecule has 0 fully saturated rings. The van der Waals surface area contributed by atoms with Crippen LogP contribution in [0.3, 0.4) is 0 Å². The highest BCUT2D eigenvalue weighted by molar-refractivity contribution is 7.14. The number of aromatic nitrogens is 1. The standard InChI is InChI=1S/C19H13ClFN3O4S/c1-28-17-6-4-12(9-14(17)21)15-10-29-19(22-15)23-18(25)7-3-11-2-5-13(20)16(8-11)24(26)27/h2-10H,1H3,(H,22,23,25)/b7-3+. The summed E-state index contributed by atoms with van der Waals surface area (Å²) in [5.41, 5.74) is 1.25. The van der Waals surface area contributed by atoms with E-state index < -0.39 is 16.6 Å². The molecule has 0 aliphatic rings. The summed E-state index contributed by atoms with van der Waals surface area (Å²) in [5.74, 6) is -0.849.